The number of nitrogens with one attached hydrogen (secondary N) is 1. The van der Waals surface area contributed by atoms with Crippen LogP contribution in [0.1, 0.15) is 30.3 Å². The smallest absolute Gasteiger partial charge is 0.409 e. The molecule has 1 aliphatic rings. The number of hydrogen-bond donors (Lipinski definition) is 2. The lowest BCUT2D eigenvalue weighted by atomic mass is 10.1. The van der Waals surface area contributed by atoms with Crippen LogP contribution in [-0.2, 0) is 14.3 Å². The average Bonchev–Trinajstić information content (AvgIpc) is 2.99. The highest BCUT2D eigenvalue weighted by Crippen LogP contribution is 2.25. The molecule has 0 bridgehead atoms. The molecule has 214 valence electrons. The average molecular weight is 580 g/mol. The Bertz CT molecular complexity index is 1410. The van der Waals surface area contributed by atoms with E-state index in [9.17, 15) is 24.3 Å². The fourth-order valence-electron chi connectivity index (χ4n) is 4.38. The standard InChI is InChI=1S/C29H30ClN5O6/c1-2-41-29(40)35-15-13-34(14-16-35)28(39)22(11-12-25(36)37)33-27(38)24-18-23(20-9-6-10-21(30)17-20)31-26(32-24)19-7-4-3-5-8-19/h3-10,17-18,22H,2,11-16H2,1H3,(H,33,38)(H,36,37)/t22-/m0/s1. The molecule has 3 amide bonds. The van der Waals surface area contributed by atoms with Crippen molar-refractivity contribution in [2.75, 3.05) is 32.8 Å². The lowest BCUT2D eigenvalue weighted by Crippen LogP contribution is -2.56. The van der Waals surface area contributed by atoms with Crippen LogP contribution in [-0.4, -0.2) is 87.6 Å². The third-order valence-corrected chi connectivity index (χ3v) is 6.71. The number of halogens is 1. The molecule has 2 aromatic carbocycles. The highest BCUT2D eigenvalue weighted by molar-refractivity contribution is 6.30. The number of carbonyl (C=O) groups excluding carboxylic acids is 3. The first-order valence-corrected chi connectivity index (χ1v) is 13.6. The summed E-state index contributed by atoms with van der Waals surface area (Å²) < 4.78 is 5.02. The van der Waals surface area contributed by atoms with Crippen LogP contribution < -0.4 is 5.32 Å². The molecule has 3 aromatic rings. The predicted molar refractivity (Wildman–Crippen MR) is 151 cm³/mol. The van der Waals surface area contributed by atoms with Crippen molar-refractivity contribution in [1.82, 2.24) is 25.1 Å². The summed E-state index contributed by atoms with van der Waals surface area (Å²) in [7, 11) is 0. The van der Waals surface area contributed by atoms with Crippen molar-refractivity contribution in [3.8, 4) is 22.6 Å². The van der Waals surface area contributed by atoms with Gasteiger partial charge in [-0.15, -0.1) is 0 Å². The molecule has 1 aromatic heterocycles. The first kappa shape index (κ1) is 29.5. The highest BCUT2D eigenvalue weighted by Gasteiger charge is 2.31. The van der Waals surface area contributed by atoms with Gasteiger partial charge < -0.3 is 25.0 Å². The van der Waals surface area contributed by atoms with E-state index in [0.717, 1.165) is 0 Å². The van der Waals surface area contributed by atoms with Gasteiger partial charge in [0.05, 0.1) is 12.3 Å². The number of carboxylic acids is 1. The van der Waals surface area contributed by atoms with Gasteiger partial charge in [0.25, 0.3) is 5.91 Å². The fourth-order valence-corrected chi connectivity index (χ4v) is 4.57. The summed E-state index contributed by atoms with van der Waals surface area (Å²) in [4.78, 5) is 62.4. The summed E-state index contributed by atoms with van der Waals surface area (Å²) in [5.41, 5.74) is 1.82. The van der Waals surface area contributed by atoms with Crippen LogP contribution >= 0.6 is 11.6 Å². The third-order valence-electron chi connectivity index (χ3n) is 6.48. The number of rotatable bonds is 9. The number of aliphatic carboxylic acids is 1. The summed E-state index contributed by atoms with van der Waals surface area (Å²) in [5, 5.41) is 12.5. The van der Waals surface area contributed by atoms with Gasteiger partial charge in [0.15, 0.2) is 5.82 Å². The third kappa shape index (κ3) is 7.79. The van der Waals surface area contributed by atoms with E-state index in [1.165, 1.54) is 15.9 Å². The Hall–Kier alpha value is -4.51. The van der Waals surface area contributed by atoms with Crippen molar-refractivity contribution in [2.24, 2.45) is 0 Å². The summed E-state index contributed by atoms with van der Waals surface area (Å²) in [6.07, 6.45) is -0.897. The largest absolute Gasteiger partial charge is 0.481 e. The van der Waals surface area contributed by atoms with Gasteiger partial charge >= 0.3 is 12.1 Å². The topological polar surface area (TPSA) is 142 Å². The Morgan fingerprint density at radius 1 is 0.951 bits per heavy atom. The van der Waals surface area contributed by atoms with Crippen molar-refractivity contribution >= 4 is 35.5 Å². The lowest BCUT2D eigenvalue weighted by molar-refractivity contribution is -0.138. The minimum absolute atomic E-state index is 0.00841. The number of carboxylic acid groups (broad SMARTS) is 1. The molecule has 0 aliphatic carbocycles. The zero-order chi connectivity index (χ0) is 29.4. The molecular weight excluding hydrogens is 550 g/mol. The van der Waals surface area contributed by atoms with Crippen molar-refractivity contribution < 1.29 is 29.0 Å². The summed E-state index contributed by atoms with van der Waals surface area (Å²) in [6, 6.07) is 16.5. The minimum Gasteiger partial charge on any atom is -0.481 e. The minimum atomic E-state index is -1.11. The number of benzene rings is 2. The van der Waals surface area contributed by atoms with Crippen LogP contribution in [0.4, 0.5) is 4.79 Å². The van der Waals surface area contributed by atoms with Crippen LogP contribution in [0.15, 0.2) is 60.7 Å². The molecule has 41 heavy (non-hydrogen) atoms. The maximum Gasteiger partial charge on any atom is 0.409 e. The quantitative estimate of drug-likeness (QED) is 0.390. The molecule has 1 aliphatic heterocycles. The Kier molecular flexibility index (Phi) is 9.86. The number of hydrogen-bond acceptors (Lipinski definition) is 7. The van der Waals surface area contributed by atoms with E-state index in [4.69, 9.17) is 16.3 Å². The molecule has 2 N–H and O–H groups in total. The predicted octanol–water partition coefficient (Wildman–Crippen LogP) is 3.73. The van der Waals surface area contributed by atoms with Crippen LogP contribution in [0.5, 0.6) is 0 Å². The molecule has 1 fully saturated rings. The normalized spacial score (nSPS) is 13.8. The second-order valence-corrected chi connectivity index (χ2v) is 9.74. The number of carbonyl (C=O) groups is 4. The van der Waals surface area contributed by atoms with E-state index >= 15 is 0 Å². The number of piperazine rings is 1. The molecule has 11 nitrogen and oxygen atoms in total. The number of ether oxygens (including phenoxy) is 1. The zero-order valence-corrected chi connectivity index (χ0v) is 23.2. The van der Waals surface area contributed by atoms with E-state index in [-0.39, 0.29) is 51.3 Å². The fraction of sp³-hybridized carbons (Fsp3) is 0.310. The van der Waals surface area contributed by atoms with Gasteiger partial charge in [-0.25, -0.2) is 14.8 Å². The Morgan fingerprint density at radius 3 is 2.29 bits per heavy atom. The summed E-state index contributed by atoms with van der Waals surface area (Å²) >= 11 is 6.19. The molecule has 1 atom stereocenters. The molecule has 4 rings (SSSR count). The van der Waals surface area contributed by atoms with E-state index < -0.39 is 29.9 Å². The molecule has 0 spiro atoms. The van der Waals surface area contributed by atoms with E-state index in [1.807, 2.05) is 30.3 Å². The van der Waals surface area contributed by atoms with Crippen LogP contribution in [0, 0.1) is 0 Å². The SMILES string of the molecule is CCOC(=O)N1CCN(C(=O)[C@H](CCC(=O)O)NC(=O)c2cc(-c3cccc(Cl)c3)nc(-c3ccccc3)n2)CC1. The molecule has 0 radical (unpaired) electrons. The Morgan fingerprint density at radius 2 is 1.63 bits per heavy atom. The van der Waals surface area contributed by atoms with Gasteiger partial charge in [0.1, 0.15) is 11.7 Å². The first-order chi connectivity index (χ1) is 19.7. The number of aromatic nitrogens is 2. The summed E-state index contributed by atoms with van der Waals surface area (Å²) in [6.45, 7) is 2.93. The molecule has 0 saturated carbocycles. The Labute approximate surface area is 242 Å². The molecule has 12 heteroatoms. The Balaban J connectivity index is 1.59. The van der Waals surface area contributed by atoms with Gasteiger partial charge in [-0.3, -0.25) is 14.4 Å². The van der Waals surface area contributed by atoms with Gasteiger partial charge in [0, 0.05) is 48.7 Å². The maximum atomic E-state index is 13.5. The number of nitrogens with zero attached hydrogens (tertiary/aromatic N) is 4. The molecule has 1 saturated heterocycles. The zero-order valence-electron chi connectivity index (χ0n) is 22.5. The highest BCUT2D eigenvalue weighted by atomic mass is 35.5. The van der Waals surface area contributed by atoms with Crippen molar-refractivity contribution in [3.05, 3.63) is 71.4 Å². The number of amides is 3. The van der Waals surface area contributed by atoms with Crippen LogP contribution in [0.2, 0.25) is 5.02 Å². The molecule has 2 heterocycles. The van der Waals surface area contributed by atoms with E-state index in [2.05, 4.69) is 15.3 Å². The van der Waals surface area contributed by atoms with Crippen molar-refractivity contribution in [1.29, 1.82) is 0 Å². The molecular formula is C29H30ClN5O6. The monoisotopic (exact) mass is 579 g/mol. The van der Waals surface area contributed by atoms with Gasteiger partial charge in [0.2, 0.25) is 5.91 Å². The van der Waals surface area contributed by atoms with Gasteiger partial charge in [-0.1, -0.05) is 54.1 Å². The second kappa shape index (κ2) is 13.7. The van der Waals surface area contributed by atoms with E-state index in [1.54, 1.807) is 31.2 Å². The van der Waals surface area contributed by atoms with Crippen molar-refractivity contribution in [3.63, 3.8) is 0 Å². The second-order valence-electron chi connectivity index (χ2n) is 9.31. The maximum absolute atomic E-state index is 13.5. The van der Waals surface area contributed by atoms with Crippen LogP contribution in [0.25, 0.3) is 22.6 Å². The van der Waals surface area contributed by atoms with Crippen molar-refractivity contribution in [2.45, 2.75) is 25.8 Å². The van der Waals surface area contributed by atoms with Crippen LogP contribution in [0.3, 0.4) is 0 Å². The lowest BCUT2D eigenvalue weighted by Gasteiger charge is -2.35. The summed E-state index contributed by atoms with van der Waals surface area (Å²) in [5.74, 6) is -1.88. The first-order valence-electron chi connectivity index (χ1n) is 13.2. The van der Waals surface area contributed by atoms with Gasteiger partial charge in [-0.05, 0) is 31.5 Å². The molecule has 0 unspecified atom stereocenters. The van der Waals surface area contributed by atoms with Gasteiger partial charge in [-0.2, -0.15) is 0 Å². The van der Waals surface area contributed by atoms with E-state index in [0.29, 0.717) is 27.7 Å².